The highest BCUT2D eigenvalue weighted by Gasteiger charge is 2.36. The van der Waals surface area contributed by atoms with Crippen molar-refractivity contribution in [1.82, 2.24) is 5.32 Å². The molecular formula is C18H23N. The maximum absolute atomic E-state index is 3.78. The summed E-state index contributed by atoms with van der Waals surface area (Å²) in [7, 11) is 0. The van der Waals surface area contributed by atoms with Crippen molar-refractivity contribution in [3.8, 4) is 0 Å². The first-order valence-electron chi connectivity index (χ1n) is 7.43. The van der Waals surface area contributed by atoms with E-state index in [2.05, 4.69) is 61.6 Å². The number of benzene rings is 2. The molecule has 0 aliphatic carbocycles. The molecule has 1 atom stereocenters. The summed E-state index contributed by atoms with van der Waals surface area (Å²) >= 11 is 0. The Kier molecular flexibility index (Phi) is 3.32. The van der Waals surface area contributed by atoms with Crippen LogP contribution in [0.1, 0.15) is 32.3 Å². The van der Waals surface area contributed by atoms with E-state index >= 15 is 0 Å². The van der Waals surface area contributed by atoms with Crippen molar-refractivity contribution < 1.29 is 0 Å². The van der Waals surface area contributed by atoms with Gasteiger partial charge in [-0.3, -0.25) is 0 Å². The van der Waals surface area contributed by atoms with E-state index in [-0.39, 0.29) is 0 Å². The Morgan fingerprint density at radius 2 is 1.89 bits per heavy atom. The van der Waals surface area contributed by atoms with E-state index < -0.39 is 0 Å². The fourth-order valence-electron chi connectivity index (χ4n) is 3.46. The molecule has 0 radical (unpaired) electrons. The van der Waals surface area contributed by atoms with Gasteiger partial charge in [0.2, 0.25) is 0 Å². The third kappa shape index (κ3) is 2.28. The van der Waals surface area contributed by atoms with Crippen LogP contribution in [0.15, 0.2) is 42.5 Å². The Morgan fingerprint density at radius 1 is 1.11 bits per heavy atom. The molecule has 2 aromatic rings. The van der Waals surface area contributed by atoms with Crippen LogP contribution in [0.3, 0.4) is 0 Å². The molecule has 0 spiro atoms. The second-order valence-corrected chi connectivity index (χ2v) is 6.16. The summed E-state index contributed by atoms with van der Waals surface area (Å²) in [5.41, 5.74) is 1.78. The number of rotatable bonds is 3. The molecule has 0 saturated carbocycles. The maximum atomic E-state index is 3.78. The molecule has 1 N–H and O–H groups in total. The molecule has 1 nitrogen and oxygen atoms in total. The Morgan fingerprint density at radius 3 is 2.63 bits per heavy atom. The van der Waals surface area contributed by atoms with Crippen LogP contribution in [0.25, 0.3) is 10.8 Å². The average molecular weight is 253 g/mol. The largest absolute Gasteiger partial charge is 0.311 e. The van der Waals surface area contributed by atoms with Crippen molar-refractivity contribution in [2.24, 2.45) is 5.92 Å². The van der Waals surface area contributed by atoms with Crippen molar-refractivity contribution in [2.75, 3.05) is 6.54 Å². The molecule has 100 valence electrons. The molecule has 19 heavy (non-hydrogen) atoms. The number of hydrogen-bond donors (Lipinski definition) is 1. The minimum atomic E-state index is 0.296. The average Bonchev–Trinajstić information content (AvgIpc) is 2.89. The highest BCUT2D eigenvalue weighted by molar-refractivity contribution is 5.85. The van der Waals surface area contributed by atoms with Crippen molar-refractivity contribution in [3.63, 3.8) is 0 Å². The molecule has 1 heterocycles. The smallest absolute Gasteiger partial charge is 0.0245 e. The lowest BCUT2D eigenvalue weighted by atomic mass is 9.79. The lowest BCUT2D eigenvalue weighted by Crippen LogP contribution is -2.46. The van der Waals surface area contributed by atoms with Gasteiger partial charge in [0.1, 0.15) is 0 Å². The van der Waals surface area contributed by atoms with Gasteiger partial charge in [0.05, 0.1) is 0 Å². The predicted octanol–water partition coefficient (Wildman–Crippen LogP) is 4.16. The first-order chi connectivity index (χ1) is 9.21. The monoisotopic (exact) mass is 253 g/mol. The fraction of sp³-hybridized carbons (Fsp3) is 0.444. The zero-order chi connectivity index (χ0) is 13.3. The topological polar surface area (TPSA) is 12.0 Å². The molecule has 1 aliphatic heterocycles. The van der Waals surface area contributed by atoms with Crippen LogP contribution >= 0.6 is 0 Å². The van der Waals surface area contributed by atoms with Gasteiger partial charge in [-0.25, -0.2) is 0 Å². The standard InChI is InChI=1S/C18H23N/c1-14(2)18(11-6-12-19-18)13-16-9-5-8-15-7-3-4-10-17(15)16/h3-5,7-10,14,19H,6,11-13H2,1-2H3. The van der Waals surface area contributed by atoms with Crippen LogP contribution in [0.4, 0.5) is 0 Å². The molecule has 0 amide bonds. The normalized spacial score (nSPS) is 23.3. The van der Waals surface area contributed by atoms with Gasteiger partial charge in [-0.2, -0.15) is 0 Å². The first-order valence-corrected chi connectivity index (χ1v) is 7.43. The highest BCUT2D eigenvalue weighted by Crippen LogP contribution is 2.33. The Bertz CT molecular complexity index is 559. The number of nitrogens with one attached hydrogen (secondary N) is 1. The maximum Gasteiger partial charge on any atom is 0.0245 e. The summed E-state index contributed by atoms with van der Waals surface area (Å²) in [5, 5.41) is 6.56. The molecule has 1 saturated heterocycles. The summed E-state index contributed by atoms with van der Waals surface area (Å²) in [5.74, 6) is 0.675. The summed E-state index contributed by atoms with van der Waals surface area (Å²) in [6, 6.07) is 15.4. The first kappa shape index (κ1) is 12.7. The predicted molar refractivity (Wildman–Crippen MR) is 82.5 cm³/mol. The van der Waals surface area contributed by atoms with E-state index in [0.29, 0.717) is 11.5 Å². The molecule has 1 heteroatoms. The van der Waals surface area contributed by atoms with E-state index in [1.165, 1.54) is 35.7 Å². The molecule has 1 aliphatic rings. The second-order valence-electron chi connectivity index (χ2n) is 6.16. The van der Waals surface area contributed by atoms with E-state index in [0.717, 1.165) is 6.42 Å². The minimum absolute atomic E-state index is 0.296. The Hall–Kier alpha value is -1.34. The Labute approximate surface area is 116 Å². The van der Waals surface area contributed by atoms with Gasteiger partial charge in [0.25, 0.3) is 0 Å². The van der Waals surface area contributed by atoms with Crippen molar-refractivity contribution >= 4 is 10.8 Å². The summed E-state index contributed by atoms with van der Waals surface area (Å²) < 4.78 is 0. The molecule has 1 fully saturated rings. The third-order valence-corrected chi connectivity index (χ3v) is 4.77. The summed E-state index contributed by atoms with van der Waals surface area (Å²) in [6.45, 7) is 5.87. The van der Waals surface area contributed by atoms with Crippen LogP contribution in [-0.4, -0.2) is 12.1 Å². The van der Waals surface area contributed by atoms with E-state index in [1.54, 1.807) is 0 Å². The van der Waals surface area contributed by atoms with E-state index in [1.807, 2.05) is 0 Å². The van der Waals surface area contributed by atoms with Gasteiger partial charge >= 0.3 is 0 Å². The lowest BCUT2D eigenvalue weighted by Gasteiger charge is -2.34. The van der Waals surface area contributed by atoms with E-state index in [4.69, 9.17) is 0 Å². The van der Waals surface area contributed by atoms with Crippen LogP contribution in [0, 0.1) is 5.92 Å². The second kappa shape index (κ2) is 4.97. The van der Waals surface area contributed by atoms with Crippen LogP contribution in [0.2, 0.25) is 0 Å². The summed E-state index contributed by atoms with van der Waals surface area (Å²) in [6.07, 6.45) is 3.75. The minimum Gasteiger partial charge on any atom is -0.311 e. The van der Waals surface area contributed by atoms with Crippen LogP contribution in [0.5, 0.6) is 0 Å². The molecule has 3 rings (SSSR count). The molecule has 2 aromatic carbocycles. The number of hydrogen-bond acceptors (Lipinski definition) is 1. The Balaban J connectivity index is 2.01. The van der Waals surface area contributed by atoms with Crippen LogP contribution in [-0.2, 0) is 6.42 Å². The van der Waals surface area contributed by atoms with Gasteiger partial charge in [-0.15, -0.1) is 0 Å². The van der Waals surface area contributed by atoms with Gasteiger partial charge in [0.15, 0.2) is 0 Å². The quantitative estimate of drug-likeness (QED) is 0.866. The SMILES string of the molecule is CC(C)C1(Cc2cccc3ccccc23)CCCN1. The van der Waals surface area contributed by atoms with Gasteiger partial charge in [-0.05, 0) is 48.1 Å². The summed E-state index contributed by atoms with van der Waals surface area (Å²) in [4.78, 5) is 0. The zero-order valence-corrected chi connectivity index (χ0v) is 11.9. The molecular weight excluding hydrogens is 230 g/mol. The number of fused-ring (bicyclic) bond motifs is 1. The van der Waals surface area contributed by atoms with Crippen molar-refractivity contribution in [1.29, 1.82) is 0 Å². The van der Waals surface area contributed by atoms with Gasteiger partial charge in [-0.1, -0.05) is 56.3 Å². The molecule has 0 aromatic heterocycles. The highest BCUT2D eigenvalue weighted by atomic mass is 15.0. The van der Waals surface area contributed by atoms with Gasteiger partial charge in [0, 0.05) is 5.54 Å². The molecule has 1 unspecified atom stereocenters. The third-order valence-electron chi connectivity index (χ3n) is 4.77. The zero-order valence-electron chi connectivity index (χ0n) is 11.9. The van der Waals surface area contributed by atoms with Gasteiger partial charge < -0.3 is 5.32 Å². The lowest BCUT2D eigenvalue weighted by molar-refractivity contribution is 0.270. The fourth-order valence-corrected chi connectivity index (χ4v) is 3.46. The molecule has 0 bridgehead atoms. The van der Waals surface area contributed by atoms with Crippen LogP contribution < -0.4 is 5.32 Å². The van der Waals surface area contributed by atoms with Crippen molar-refractivity contribution in [2.45, 2.75) is 38.6 Å². The van der Waals surface area contributed by atoms with E-state index in [9.17, 15) is 0 Å². The van der Waals surface area contributed by atoms with Crippen molar-refractivity contribution in [3.05, 3.63) is 48.0 Å².